The number of H-pyrrole nitrogens is 2. The van der Waals surface area contributed by atoms with E-state index in [4.69, 9.17) is 0 Å². The van der Waals surface area contributed by atoms with Crippen molar-refractivity contribution in [2.45, 2.75) is 0 Å². The average Bonchev–Trinajstić information content (AvgIpc) is 2.65. The molecular formula is C7H6N4O. The molecule has 5 nitrogen and oxygen atoms in total. The van der Waals surface area contributed by atoms with E-state index in [1.165, 1.54) is 0 Å². The van der Waals surface area contributed by atoms with E-state index in [0.29, 0.717) is 11.4 Å². The van der Waals surface area contributed by atoms with Crippen LogP contribution in [0.2, 0.25) is 0 Å². The van der Waals surface area contributed by atoms with Gasteiger partial charge in [0.1, 0.15) is 0 Å². The molecule has 60 valence electrons. The summed E-state index contributed by atoms with van der Waals surface area (Å²) in [7, 11) is 0. The van der Waals surface area contributed by atoms with Crippen molar-refractivity contribution in [3.05, 3.63) is 27.9 Å². The summed E-state index contributed by atoms with van der Waals surface area (Å²) in [6.45, 7) is 0. The molecule has 0 saturated carbocycles. The fourth-order valence-corrected chi connectivity index (χ4v) is 0.891. The van der Waals surface area contributed by atoms with E-state index in [0.717, 1.165) is 0 Å². The van der Waals surface area contributed by atoms with Gasteiger partial charge in [-0.05, 0) is 6.08 Å². The lowest BCUT2D eigenvalue weighted by molar-refractivity contribution is 1.06. The Balaban J connectivity index is 2.40. The highest BCUT2D eigenvalue weighted by molar-refractivity contribution is 6.18. The average molecular weight is 162 g/mol. The van der Waals surface area contributed by atoms with Crippen LogP contribution in [0.4, 0.5) is 0 Å². The molecule has 0 amide bonds. The van der Waals surface area contributed by atoms with Crippen molar-refractivity contribution in [3.8, 4) is 0 Å². The second-order valence-corrected chi connectivity index (χ2v) is 2.26. The van der Waals surface area contributed by atoms with Crippen LogP contribution in [-0.4, -0.2) is 22.6 Å². The monoisotopic (exact) mass is 162 g/mol. The number of aromatic nitrogens is 2. The van der Waals surface area contributed by atoms with Crippen molar-refractivity contribution in [2.75, 3.05) is 0 Å². The van der Waals surface area contributed by atoms with E-state index in [2.05, 4.69) is 20.2 Å². The Morgan fingerprint density at radius 3 is 2.67 bits per heavy atom. The lowest BCUT2D eigenvalue weighted by Crippen LogP contribution is -2.00. The van der Waals surface area contributed by atoms with Gasteiger partial charge in [0.25, 0.3) is 5.56 Å². The summed E-state index contributed by atoms with van der Waals surface area (Å²) in [5.41, 5.74) is 0.362. The van der Waals surface area contributed by atoms with E-state index in [1.807, 2.05) is 0 Å². The molecule has 0 atom stereocenters. The third-order valence-electron chi connectivity index (χ3n) is 1.44. The smallest absolute Gasteiger partial charge is 0.271 e. The standard InChI is InChI=1S/C7H6N4O/c12-7-5(4-10-11-7)3-6-8-1-2-9-6/h1-4H,(H2,10,11,12). The van der Waals surface area contributed by atoms with Gasteiger partial charge in [0.2, 0.25) is 0 Å². The fraction of sp³-hybridized carbons (Fsp3) is 0. The number of aromatic amines is 2. The number of nitrogens with one attached hydrogen (secondary N) is 2. The topological polar surface area (TPSA) is 73.4 Å². The maximum absolute atomic E-state index is 11.0. The zero-order chi connectivity index (χ0) is 8.39. The highest BCUT2D eigenvalue weighted by Crippen LogP contribution is 2.05. The first-order valence-electron chi connectivity index (χ1n) is 3.41. The van der Waals surface area contributed by atoms with Crippen LogP contribution in [0.15, 0.2) is 26.8 Å². The summed E-state index contributed by atoms with van der Waals surface area (Å²) >= 11 is 0. The predicted octanol–water partition coefficient (Wildman–Crippen LogP) is 0.157. The zero-order valence-corrected chi connectivity index (χ0v) is 6.11. The van der Waals surface area contributed by atoms with Crippen molar-refractivity contribution in [1.29, 1.82) is 0 Å². The molecule has 0 saturated heterocycles. The van der Waals surface area contributed by atoms with E-state index in [1.54, 1.807) is 24.7 Å². The number of hydrogen-bond donors (Lipinski definition) is 2. The number of aliphatic imine (C=N–C) groups is 2. The Morgan fingerprint density at radius 1 is 1.33 bits per heavy atom. The van der Waals surface area contributed by atoms with Gasteiger partial charge >= 0.3 is 0 Å². The van der Waals surface area contributed by atoms with Gasteiger partial charge in [-0.1, -0.05) is 0 Å². The molecule has 0 spiro atoms. The van der Waals surface area contributed by atoms with E-state index in [9.17, 15) is 4.79 Å². The molecule has 0 fully saturated rings. The highest BCUT2D eigenvalue weighted by Gasteiger charge is 1.99. The van der Waals surface area contributed by atoms with Gasteiger partial charge in [-0.15, -0.1) is 0 Å². The summed E-state index contributed by atoms with van der Waals surface area (Å²) in [6, 6.07) is 0. The first kappa shape index (κ1) is 6.78. The predicted molar refractivity (Wildman–Crippen MR) is 46.4 cm³/mol. The molecule has 1 aliphatic rings. The molecule has 2 N–H and O–H groups in total. The lowest BCUT2D eigenvalue weighted by atomic mass is 10.3. The third kappa shape index (κ3) is 1.12. The quantitative estimate of drug-likeness (QED) is 0.606. The number of hydrogen-bond acceptors (Lipinski definition) is 3. The zero-order valence-electron chi connectivity index (χ0n) is 6.11. The minimum absolute atomic E-state index is 0.167. The molecular weight excluding hydrogens is 156 g/mol. The molecule has 0 unspecified atom stereocenters. The molecule has 0 radical (unpaired) electrons. The molecule has 12 heavy (non-hydrogen) atoms. The summed E-state index contributed by atoms with van der Waals surface area (Å²) in [6.07, 6.45) is 6.33. The molecule has 5 heteroatoms. The van der Waals surface area contributed by atoms with Crippen LogP contribution in [-0.2, 0) is 0 Å². The molecule has 0 aliphatic carbocycles. The first-order valence-corrected chi connectivity index (χ1v) is 3.41. The van der Waals surface area contributed by atoms with Crippen LogP contribution in [0, 0.1) is 0 Å². The summed E-state index contributed by atoms with van der Waals surface area (Å²) in [5, 5.41) is 5.00. The molecule has 2 rings (SSSR count). The Bertz CT molecular complexity index is 407. The van der Waals surface area contributed by atoms with Crippen molar-refractivity contribution in [2.24, 2.45) is 9.98 Å². The minimum Gasteiger partial charge on any atom is -0.305 e. The molecule has 2 heterocycles. The first-order chi connectivity index (χ1) is 5.86. The molecule has 1 aliphatic heterocycles. The Hall–Kier alpha value is -1.91. The SMILES string of the molecule is O=c1[nH][nH]cc1C=C1N=CC=N1. The summed E-state index contributed by atoms with van der Waals surface area (Å²) in [4.78, 5) is 18.8. The largest absolute Gasteiger partial charge is 0.305 e. The maximum atomic E-state index is 11.0. The van der Waals surface area contributed by atoms with E-state index >= 15 is 0 Å². The Labute approximate surface area is 67.5 Å². The molecule has 1 aromatic heterocycles. The lowest BCUT2D eigenvalue weighted by Gasteiger charge is -1.83. The van der Waals surface area contributed by atoms with E-state index in [-0.39, 0.29) is 5.56 Å². The van der Waals surface area contributed by atoms with Crippen molar-refractivity contribution in [1.82, 2.24) is 10.2 Å². The van der Waals surface area contributed by atoms with Gasteiger partial charge in [-0.3, -0.25) is 9.89 Å². The van der Waals surface area contributed by atoms with Crippen LogP contribution in [0.3, 0.4) is 0 Å². The van der Waals surface area contributed by atoms with Crippen LogP contribution in [0.5, 0.6) is 0 Å². The van der Waals surface area contributed by atoms with Gasteiger partial charge in [0, 0.05) is 18.6 Å². The summed E-state index contributed by atoms with van der Waals surface area (Å²) < 4.78 is 0. The summed E-state index contributed by atoms with van der Waals surface area (Å²) in [5.74, 6) is 0.542. The van der Waals surface area contributed by atoms with Crippen LogP contribution < -0.4 is 5.56 Å². The van der Waals surface area contributed by atoms with Crippen molar-refractivity contribution >= 4 is 18.5 Å². The molecule has 0 bridgehead atoms. The van der Waals surface area contributed by atoms with Crippen LogP contribution in [0.25, 0.3) is 6.08 Å². The Morgan fingerprint density at radius 2 is 2.08 bits per heavy atom. The van der Waals surface area contributed by atoms with Gasteiger partial charge in [0.05, 0.1) is 5.56 Å². The second-order valence-electron chi connectivity index (χ2n) is 2.26. The number of nitrogens with zero attached hydrogens (tertiary/aromatic N) is 2. The minimum atomic E-state index is -0.167. The normalized spacial score (nSPS) is 14.2. The highest BCUT2D eigenvalue weighted by atomic mass is 16.1. The van der Waals surface area contributed by atoms with Gasteiger partial charge in [-0.2, -0.15) is 0 Å². The van der Waals surface area contributed by atoms with Gasteiger partial charge in [0.15, 0.2) is 5.82 Å². The second kappa shape index (κ2) is 2.61. The van der Waals surface area contributed by atoms with Gasteiger partial charge < -0.3 is 5.10 Å². The van der Waals surface area contributed by atoms with Crippen LogP contribution in [0.1, 0.15) is 5.56 Å². The van der Waals surface area contributed by atoms with Crippen LogP contribution >= 0.6 is 0 Å². The maximum Gasteiger partial charge on any atom is 0.271 e. The Kier molecular flexibility index (Phi) is 1.48. The fourth-order valence-electron chi connectivity index (χ4n) is 0.891. The third-order valence-corrected chi connectivity index (χ3v) is 1.44. The van der Waals surface area contributed by atoms with E-state index < -0.39 is 0 Å². The molecule has 0 aromatic carbocycles. The van der Waals surface area contributed by atoms with Gasteiger partial charge in [-0.25, -0.2) is 9.98 Å². The van der Waals surface area contributed by atoms with Crippen molar-refractivity contribution in [3.63, 3.8) is 0 Å². The van der Waals surface area contributed by atoms with Crippen molar-refractivity contribution < 1.29 is 0 Å². The number of rotatable bonds is 1. The molecule has 1 aromatic rings.